The highest BCUT2D eigenvalue weighted by Crippen LogP contribution is 2.19. The van der Waals surface area contributed by atoms with Crippen LogP contribution in [0, 0.1) is 10.1 Å². The van der Waals surface area contributed by atoms with Gasteiger partial charge in [-0.3, -0.25) is 14.9 Å². The number of aryl methyl sites for hydroxylation is 1. The number of hydrogen-bond acceptors (Lipinski definition) is 4. The van der Waals surface area contributed by atoms with Crippen LogP contribution in [0.3, 0.4) is 0 Å². The summed E-state index contributed by atoms with van der Waals surface area (Å²) in [5, 5.41) is 13.4. The van der Waals surface area contributed by atoms with Crippen LogP contribution in [0.5, 0.6) is 5.75 Å². The largest absolute Gasteiger partial charge is 0.484 e. The normalized spacial score (nSPS) is 10.0. The molecule has 22 heavy (non-hydrogen) atoms. The second kappa shape index (κ2) is 7.21. The lowest BCUT2D eigenvalue weighted by Crippen LogP contribution is -2.20. The summed E-state index contributed by atoms with van der Waals surface area (Å²) in [5.41, 5.74) is 1.71. The molecule has 0 aliphatic carbocycles. The average molecular weight is 300 g/mol. The Morgan fingerprint density at radius 3 is 2.73 bits per heavy atom. The summed E-state index contributed by atoms with van der Waals surface area (Å²) in [4.78, 5) is 22.1. The van der Waals surface area contributed by atoms with Crippen molar-refractivity contribution in [1.82, 2.24) is 0 Å². The Kier molecular flexibility index (Phi) is 5.08. The molecule has 2 aromatic rings. The number of nitro groups is 1. The van der Waals surface area contributed by atoms with Gasteiger partial charge >= 0.3 is 0 Å². The van der Waals surface area contributed by atoms with Crippen molar-refractivity contribution in [3.63, 3.8) is 0 Å². The maximum Gasteiger partial charge on any atom is 0.273 e. The first-order valence-corrected chi connectivity index (χ1v) is 6.85. The Balaban J connectivity index is 1.95. The van der Waals surface area contributed by atoms with E-state index < -0.39 is 4.92 Å². The van der Waals surface area contributed by atoms with Crippen molar-refractivity contribution in [3.05, 3.63) is 64.2 Å². The zero-order chi connectivity index (χ0) is 15.9. The fourth-order valence-electron chi connectivity index (χ4n) is 1.97. The maximum absolute atomic E-state index is 11.9. The number of anilines is 1. The molecule has 6 nitrogen and oxygen atoms in total. The van der Waals surface area contributed by atoms with Crippen LogP contribution in [0.2, 0.25) is 0 Å². The summed E-state index contributed by atoms with van der Waals surface area (Å²) < 4.78 is 5.29. The highest BCUT2D eigenvalue weighted by atomic mass is 16.6. The van der Waals surface area contributed by atoms with E-state index in [-0.39, 0.29) is 24.0 Å². The number of carbonyl (C=O) groups excluding carboxylic acids is 1. The van der Waals surface area contributed by atoms with E-state index in [1.54, 1.807) is 6.07 Å². The first-order valence-electron chi connectivity index (χ1n) is 6.85. The minimum Gasteiger partial charge on any atom is -0.484 e. The van der Waals surface area contributed by atoms with Gasteiger partial charge in [-0.1, -0.05) is 31.2 Å². The average Bonchev–Trinajstić information content (AvgIpc) is 2.53. The Labute approximate surface area is 127 Å². The third-order valence-corrected chi connectivity index (χ3v) is 3.07. The lowest BCUT2D eigenvalue weighted by atomic mass is 10.1. The van der Waals surface area contributed by atoms with E-state index >= 15 is 0 Å². The van der Waals surface area contributed by atoms with Gasteiger partial charge in [-0.25, -0.2) is 0 Å². The van der Waals surface area contributed by atoms with E-state index in [2.05, 4.69) is 5.32 Å². The van der Waals surface area contributed by atoms with Crippen molar-refractivity contribution in [2.24, 2.45) is 0 Å². The van der Waals surface area contributed by atoms with Crippen molar-refractivity contribution < 1.29 is 14.5 Å². The van der Waals surface area contributed by atoms with E-state index in [1.165, 1.54) is 18.2 Å². The molecule has 0 aliphatic rings. The van der Waals surface area contributed by atoms with Gasteiger partial charge in [-0.15, -0.1) is 0 Å². The van der Waals surface area contributed by atoms with Gasteiger partial charge in [0.15, 0.2) is 6.61 Å². The second-order valence-corrected chi connectivity index (χ2v) is 4.60. The fourth-order valence-corrected chi connectivity index (χ4v) is 1.97. The van der Waals surface area contributed by atoms with Crippen molar-refractivity contribution in [3.8, 4) is 5.75 Å². The molecule has 0 atom stereocenters. The number of carbonyl (C=O) groups is 1. The molecule has 1 N–H and O–H groups in total. The fraction of sp³-hybridized carbons (Fsp3) is 0.188. The van der Waals surface area contributed by atoms with Gasteiger partial charge in [0.25, 0.3) is 11.6 Å². The van der Waals surface area contributed by atoms with E-state index in [1.807, 2.05) is 31.2 Å². The molecule has 0 aromatic heterocycles. The first-order chi connectivity index (χ1) is 10.6. The third-order valence-electron chi connectivity index (χ3n) is 3.07. The molecule has 2 aromatic carbocycles. The smallest absolute Gasteiger partial charge is 0.273 e. The Morgan fingerprint density at radius 1 is 1.23 bits per heavy atom. The molecule has 0 bridgehead atoms. The van der Waals surface area contributed by atoms with Crippen LogP contribution in [0.25, 0.3) is 0 Å². The number of amides is 1. The number of rotatable bonds is 6. The van der Waals surface area contributed by atoms with E-state index in [0.717, 1.165) is 17.7 Å². The number of nitrogens with one attached hydrogen (secondary N) is 1. The summed E-state index contributed by atoms with van der Waals surface area (Å²) in [6, 6.07) is 13.3. The molecule has 0 heterocycles. The minimum atomic E-state index is -0.509. The lowest BCUT2D eigenvalue weighted by molar-refractivity contribution is -0.384. The van der Waals surface area contributed by atoms with Crippen LogP contribution in [-0.4, -0.2) is 17.4 Å². The summed E-state index contributed by atoms with van der Waals surface area (Å²) in [5.74, 6) is -0.0273. The van der Waals surface area contributed by atoms with Crippen molar-refractivity contribution in [1.29, 1.82) is 0 Å². The van der Waals surface area contributed by atoms with Crippen LogP contribution in [0.15, 0.2) is 48.5 Å². The minimum absolute atomic E-state index is 0.0748. The van der Waals surface area contributed by atoms with Crippen LogP contribution in [-0.2, 0) is 11.2 Å². The molecule has 6 heteroatoms. The van der Waals surface area contributed by atoms with Crippen molar-refractivity contribution in [2.45, 2.75) is 13.3 Å². The third kappa shape index (κ3) is 4.05. The Hall–Kier alpha value is -2.89. The van der Waals surface area contributed by atoms with Gasteiger partial charge in [-0.05, 0) is 24.1 Å². The zero-order valence-corrected chi connectivity index (χ0v) is 12.1. The molecule has 0 saturated heterocycles. The molecule has 1 amide bonds. The Bertz CT molecular complexity index is 685. The molecule has 2 rings (SSSR count). The number of ether oxygens (including phenoxy) is 1. The number of benzene rings is 2. The number of hydrogen-bond donors (Lipinski definition) is 1. The second-order valence-electron chi connectivity index (χ2n) is 4.60. The quantitative estimate of drug-likeness (QED) is 0.656. The molecule has 0 unspecified atom stereocenters. The first kappa shape index (κ1) is 15.5. The summed E-state index contributed by atoms with van der Waals surface area (Å²) in [7, 11) is 0. The SMILES string of the molecule is CCc1ccccc1NC(=O)COc1cccc([N+](=O)[O-])c1. The molecule has 0 radical (unpaired) electrons. The summed E-state index contributed by atoms with van der Waals surface area (Å²) >= 11 is 0. The van der Waals surface area contributed by atoms with Gasteiger partial charge in [0.05, 0.1) is 11.0 Å². The maximum atomic E-state index is 11.9. The van der Waals surface area contributed by atoms with Crippen molar-refractivity contribution >= 4 is 17.3 Å². The van der Waals surface area contributed by atoms with Crippen LogP contribution >= 0.6 is 0 Å². The van der Waals surface area contributed by atoms with E-state index in [9.17, 15) is 14.9 Å². The summed E-state index contributed by atoms with van der Waals surface area (Å²) in [6.45, 7) is 1.80. The molecule has 114 valence electrons. The Morgan fingerprint density at radius 2 is 2.00 bits per heavy atom. The van der Waals surface area contributed by atoms with Gasteiger partial charge in [-0.2, -0.15) is 0 Å². The van der Waals surface area contributed by atoms with Gasteiger partial charge < -0.3 is 10.1 Å². The number of non-ortho nitro benzene ring substituents is 1. The van der Waals surface area contributed by atoms with Gasteiger partial charge in [0.2, 0.25) is 0 Å². The standard InChI is InChI=1S/C16H16N2O4/c1-2-12-6-3-4-9-15(12)17-16(19)11-22-14-8-5-7-13(10-14)18(20)21/h3-10H,2,11H2,1H3,(H,17,19). The topological polar surface area (TPSA) is 81.5 Å². The van der Waals surface area contributed by atoms with Crippen LogP contribution < -0.4 is 10.1 Å². The van der Waals surface area contributed by atoms with Crippen LogP contribution in [0.4, 0.5) is 11.4 Å². The molecule has 0 aliphatic heterocycles. The molecule has 0 saturated carbocycles. The monoisotopic (exact) mass is 300 g/mol. The molecular formula is C16H16N2O4. The van der Waals surface area contributed by atoms with E-state index in [4.69, 9.17) is 4.74 Å². The predicted octanol–water partition coefficient (Wildman–Crippen LogP) is 3.17. The van der Waals surface area contributed by atoms with E-state index in [0.29, 0.717) is 0 Å². The highest BCUT2D eigenvalue weighted by molar-refractivity contribution is 5.92. The zero-order valence-electron chi connectivity index (χ0n) is 12.1. The van der Waals surface area contributed by atoms with Crippen LogP contribution in [0.1, 0.15) is 12.5 Å². The number of para-hydroxylation sites is 1. The lowest BCUT2D eigenvalue weighted by Gasteiger charge is -2.10. The predicted molar refractivity (Wildman–Crippen MR) is 83.0 cm³/mol. The highest BCUT2D eigenvalue weighted by Gasteiger charge is 2.09. The number of nitrogens with zero attached hydrogens (tertiary/aromatic N) is 1. The van der Waals surface area contributed by atoms with Gasteiger partial charge in [0, 0.05) is 11.8 Å². The number of nitro benzene ring substituents is 1. The summed E-state index contributed by atoms with van der Waals surface area (Å²) in [6.07, 6.45) is 0.808. The van der Waals surface area contributed by atoms with Gasteiger partial charge in [0.1, 0.15) is 5.75 Å². The molecule has 0 spiro atoms. The molecular weight excluding hydrogens is 284 g/mol. The molecule has 0 fully saturated rings. The van der Waals surface area contributed by atoms with Crippen molar-refractivity contribution in [2.75, 3.05) is 11.9 Å².